The number of benzene rings is 1. The minimum absolute atomic E-state index is 0.0697. The third-order valence-electron chi connectivity index (χ3n) is 3.48. The normalized spacial score (nSPS) is 19.8. The molecule has 1 aliphatic rings. The monoisotopic (exact) mass is 279 g/mol. The fraction of sp³-hybridized carbons (Fsp3) is 0.429. The molecule has 3 rings (SSSR count). The van der Waals surface area contributed by atoms with Crippen molar-refractivity contribution in [1.29, 1.82) is 0 Å². The van der Waals surface area contributed by atoms with Crippen LogP contribution in [0.4, 0.5) is 8.78 Å². The standard InChI is InChI=1S/C14H15F2N3O/c15-10-6-5-9(8-11(10)16)14-18-13(19-20-14)12-4-2-1-3-7-17-12/h5-6,8,12,17H,1-4,7H2. The van der Waals surface area contributed by atoms with Crippen LogP contribution in [0.15, 0.2) is 22.7 Å². The van der Waals surface area contributed by atoms with E-state index < -0.39 is 11.6 Å². The first kappa shape index (κ1) is 13.2. The van der Waals surface area contributed by atoms with Crippen molar-refractivity contribution in [1.82, 2.24) is 15.5 Å². The lowest BCUT2D eigenvalue weighted by Crippen LogP contribution is -2.21. The van der Waals surface area contributed by atoms with Crippen molar-refractivity contribution < 1.29 is 13.3 Å². The predicted octanol–water partition coefficient (Wildman–Crippen LogP) is 3.22. The van der Waals surface area contributed by atoms with Gasteiger partial charge in [-0.15, -0.1) is 0 Å². The minimum Gasteiger partial charge on any atom is -0.334 e. The van der Waals surface area contributed by atoms with E-state index in [2.05, 4.69) is 15.5 Å². The molecule has 1 aromatic carbocycles. The Bertz CT molecular complexity index is 592. The number of aromatic nitrogens is 2. The van der Waals surface area contributed by atoms with Gasteiger partial charge in [-0.3, -0.25) is 0 Å². The van der Waals surface area contributed by atoms with Gasteiger partial charge in [0.15, 0.2) is 17.5 Å². The molecule has 0 spiro atoms. The molecule has 2 aromatic rings. The molecule has 2 heterocycles. The van der Waals surface area contributed by atoms with E-state index in [0.29, 0.717) is 11.4 Å². The molecule has 1 atom stereocenters. The maximum Gasteiger partial charge on any atom is 0.258 e. The molecule has 0 saturated carbocycles. The molecule has 0 aliphatic carbocycles. The summed E-state index contributed by atoms with van der Waals surface area (Å²) in [6.07, 6.45) is 4.41. The number of hydrogen-bond acceptors (Lipinski definition) is 4. The fourth-order valence-corrected chi connectivity index (χ4v) is 2.37. The van der Waals surface area contributed by atoms with Crippen LogP contribution in [0.3, 0.4) is 0 Å². The topological polar surface area (TPSA) is 51.0 Å². The van der Waals surface area contributed by atoms with Crippen LogP contribution < -0.4 is 5.32 Å². The van der Waals surface area contributed by atoms with Gasteiger partial charge in [-0.1, -0.05) is 18.0 Å². The average molecular weight is 279 g/mol. The summed E-state index contributed by atoms with van der Waals surface area (Å²) in [7, 11) is 0. The third kappa shape index (κ3) is 2.70. The molecule has 1 unspecified atom stereocenters. The maximum atomic E-state index is 13.2. The summed E-state index contributed by atoms with van der Waals surface area (Å²) in [4.78, 5) is 4.29. The van der Waals surface area contributed by atoms with E-state index in [9.17, 15) is 8.78 Å². The van der Waals surface area contributed by atoms with Gasteiger partial charge in [-0.05, 0) is 37.6 Å². The second kappa shape index (κ2) is 5.66. The van der Waals surface area contributed by atoms with Crippen molar-refractivity contribution >= 4 is 0 Å². The Morgan fingerprint density at radius 2 is 2.05 bits per heavy atom. The van der Waals surface area contributed by atoms with Crippen molar-refractivity contribution in [2.45, 2.75) is 31.7 Å². The molecule has 1 N–H and O–H groups in total. The fourth-order valence-electron chi connectivity index (χ4n) is 2.37. The lowest BCUT2D eigenvalue weighted by Gasteiger charge is -2.09. The average Bonchev–Trinajstić information content (AvgIpc) is 2.78. The highest BCUT2D eigenvalue weighted by molar-refractivity contribution is 5.52. The predicted molar refractivity (Wildman–Crippen MR) is 68.9 cm³/mol. The maximum absolute atomic E-state index is 13.2. The van der Waals surface area contributed by atoms with Gasteiger partial charge in [0.25, 0.3) is 5.89 Å². The summed E-state index contributed by atoms with van der Waals surface area (Å²) in [6.45, 7) is 0.930. The Hall–Kier alpha value is -1.82. The molecule has 1 fully saturated rings. The quantitative estimate of drug-likeness (QED) is 0.917. The number of rotatable bonds is 2. The summed E-state index contributed by atoms with van der Waals surface area (Å²) in [5.74, 6) is -1.02. The van der Waals surface area contributed by atoms with Gasteiger partial charge < -0.3 is 9.84 Å². The highest BCUT2D eigenvalue weighted by Crippen LogP contribution is 2.24. The van der Waals surface area contributed by atoms with Crippen molar-refractivity contribution in [2.24, 2.45) is 0 Å². The van der Waals surface area contributed by atoms with E-state index in [-0.39, 0.29) is 11.9 Å². The van der Waals surface area contributed by atoms with Crippen LogP contribution in [-0.4, -0.2) is 16.7 Å². The smallest absolute Gasteiger partial charge is 0.258 e. The van der Waals surface area contributed by atoms with Gasteiger partial charge in [0.1, 0.15) is 0 Å². The van der Waals surface area contributed by atoms with E-state index in [1.165, 1.54) is 12.5 Å². The molecule has 0 bridgehead atoms. The first-order chi connectivity index (χ1) is 9.74. The van der Waals surface area contributed by atoms with Crippen LogP contribution in [0.2, 0.25) is 0 Å². The zero-order valence-corrected chi connectivity index (χ0v) is 10.9. The Kier molecular flexibility index (Phi) is 3.73. The van der Waals surface area contributed by atoms with Crippen LogP contribution in [0.5, 0.6) is 0 Å². The molecule has 0 amide bonds. The number of nitrogens with zero attached hydrogens (tertiary/aromatic N) is 2. The van der Waals surface area contributed by atoms with Crippen LogP contribution in [-0.2, 0) is 0 Å². The third-order valence-corrected chi connectivity index (χ3v) is 3.48. The zero-order chi connectivity index (χ0) is 13.9. The molecule has 1 aromatic heterocycles. The molecule has 4 nitrogen and oxygen atoms in total. The molecule has 1 aliphatic heterocycles. The lowest BCUT2D eigenvalue weighted by molar-refractivity contribution is 0.402. The Balaban J connectivity index is 1.83. The van der Waals surface area contributed by atoms with Gasteiger partial charge in [0.05, 0.1) is 6.04 Å². The molecule has 0 radical (unpaired) electrons. The number of halogens is 2. The van der Waals surface area contributed by atoms with E-state index in [1.807, 2.05) is 0 Å². The van der Waals surface area contributed by atoms with Gasteiger partial charge in [0.2, 0.25) is 0 Å². The van der Waals surface area contributed by atoms with E-state index >= 15 is 0 Å². The van der Waals surface area contributed by atoms with Crippen molar-refractivity contribution in [3.8, 4) is 11.5 Å². The van der Waals surface area contributed by atoms with Crippen LogP contribution >= 0.6 is 0 Å². The molecule has 6 heteroatoms. The lowest BCUT2D eigenvalue weighted by atomic mass is 10.1. The first-order valence-electron chi connectivity index (χ1n) is 6.76. The second-order valence-corrected chi connectivity index (χ2v) is 4.94. The van der Waals surface area contributed by atoms with Gasteiger partial charge >= 0.3 is 0 Å². The van der Waals surface area contributed by atoms with E-state index in [4.69, 9.17) is 4.52 Å². The minimum atomic E-state index is -0.921. The SMILES string of the molecule is Fc1ccc(-c2nc(C3CCCCCN3)no2)cc1F. The first-order valence-corrected chi connectivity index (χ1v) is 6.76. The Morgan fingerprint density at radius 1 is 1.15 bits per heavy atom. The highest BCUT2D eigenvalue weighted by Gasteiger charge is 2.20. The van der Waals surface area contributed by atoms with E-state index in [1.54, 1.807) is 0 Å². The number of hydrogen-bond donors (Lipinski definition) is 1. The van der Waals surface area contributed by atoms with Gasteiger partial charge in [-0.2, -0.15) is 4.98 Å². The molecular weight excluding hydrogens is 264 g/mol. The summed E-state index contributed by atoms with van der Waals surface area (Å²) in [6, 6.07) is 3.61. The second-order valence-electron chi connectivity index (χ2n) is 4.94. The number of nitrogens with one attached hydrogen (secondary N) is 1. The van der Waals surface area contributed by atoms with E-state index in [0.717, 1.165) is 37.9 Å². The summed E-state index contributed by atoms with van der Waals surface area (Å²) >= 11 is 0. The molecule has 20 heavy (non-hydrogen) atoms. The Morgan fingerprint density at radius 3 is 2.90 bits per heavy atom. The van der Waals surface area contributed by atoms with Crippen molar-refractivity contribution in [3.05, 3.63) is 35.7 Å². The molecular formula is C14H15F2N3O. The highest BCUT2D eigenvalue weighted by atomic mass is 19.2. The van der Waals surface area contributed by atoms with Crippen molar-refractivity contribution in [3.63, 3.8) is 0 Å². The Labute approximate surface area is 115 Å². The van der Waals surface area contributed by atoms with Gasteiger partial charge in [-0.25, -0.2) is 8.78 Å². The molecule has 1 saturated heterocycles. The summed E-state index contributed by atoms with van der Waals surface area (Å²) in [5.41, 5.74) is 0.385. The van der Waals surface area contributed by atoms with Crippen LogP contribution in [0, 0.1) is 11.6 Å². The van der Waals surface area contributed by atoms with Crippen molar-refractivity contribution in [2.75, 3.05) is 6.54 Å². The largest absolute Gasteiger partial charge is 0.334 e. The zero-order valence-electron chi connectivity index (χ0n) is 10.9. The summed E-state index contributed by atoms with van der Waals surface area (Å²) < 4.78 is 31.3. The van der Waals surface area contributed by atoms with Gasteiger partial charge in [0, 0.05) is 5.56 Å². The summed E-state index contributed by atoms with van der Waals surface area (Å²) in [5, 5.41) is 7.31. The van der Waals surface area contributed by atoms with Crippen LogP contribution in [0.25, 0.3) is 11.5 Å². The van der Waals surface area contributed by atoms with Crippen LogP contribution in [0.1, 0.15) is 37.5 Å². The molecule has 106 valence electrons.